The van der Waals surface area contributed by atoms with Crippen LogP contribution in [0.3, 0.4) is 0 Å². The lowest BCUT2D eigenvalue weighted by molar-refractivity contribution is 0.174. The van der Waals surface area contributed by atoms with Gasteiger partial charge in [0.1, 0.15) is 12.4 Å². The molecule has 0 aliphatic carbocycles. The standard InChI is InChI=1S/C19H26N4O3/c1-4-20-19(23(3)13-15-6-5-10-22(15)2)21-9-11-24-16-7-8-17-18(12-16)26-14-25-17/h5-8,10,12H,4,9,11,13-14H2,1-3H3,(H,20,21). The average molecular weight is 358 g/mol. The topological polar surface area (TPSA) is 60.3 Å². The Bertz CT molecular complexity index is 757. The van der Waals surface area contributed by atoms with E-state index in [4.69, 9.17) is 14.2 Å². The van der Waals surface area contributed by atoms with E-state index in [1.54, 1.807) is 0 Å². The number of aryl methyl sites for hydroxylation is 1. The van der Waals surface area contributed by atoms with Crippen LogP contribution in [0.1, 0.15) is 12.6 Å². The zero-order chi connectivity index (χ0) is 18.4. The first-order chi connectivity index (χ1) is 12.7. The minimum Gasteiger partial charge on any atom is -0.492 e. The van der Waals surface area contributed by atoms with Gasteiger partial charge in [-0.25, -0.2) is 4.99 Å². The maximum absolute atomic E-state index is 5.77. The Morgan fingerprint density at radius 2 is 2.15 bits per heavy atom. The van der Waals surface area contributed by atoms with Gasteiger partial charge in [-0.15, -0.1) is 0 Å². The summed E-state index contributed by atoms with van der Waals surface area (Å²) in [5.74, 6) is 3.10. The molecule has 0 saturated carbocycles. The smallest absolute Gasteiger partial charge is 0.231 e. The second-order valence-electron chi connectivity index (χ2n) is 6.07. The summed E-state index contributed by atoms with van der Waals surface area (Å²) >= 11 is 0. The van der Waals surface area contributed by atoms with Crippen LogP contribution in [0.4, 0.5) is 0 Å². The highest BCUT2D eigenvalue weighted by Gasteiger charge is 2.13. The minimum atomic E-state index is 0.266. The maximum atomic E-state index is 5.77. The second-order valence-corrected chi connectivity index (χ2v) is 6.07. The molecule has 3 rings (SSSR count). The van der Waals surface area contributed by atoms with Crippen LogP contribution in [0.5, 0.6) is 17.2 Å². The van der Waals surface area contributed by atoms with Gasteiger partial charge in [-0.05, 0) is 31.2 Å². The van der Waals surface area contributed by atoms with Gasteiger partial charge in [0.2, 0.25) is 6.79 Å². The molecular formula is C19H26N4O3. The summed E-state index contributed by atoms with van der Waals surface area (Å²) in [6.07, 6.45) is 2.05. The lowest BCUT2D eigenvalue weighted by Gasteiger charge is -2.22. The molecule has 7 nitrogen and oxygen atoms in total. The van der Waals surface area contributed by atoms with E-state index in [1.807, 2.05) is 44.6 Å². The van der Waals surface area contributed by atoms with Crippen LogP contribution in [-0.4, -0.2) is 49.0 Å². The van der Waals surface area contributed by atoms with E-state index in [9.17, 15) is 0 Å². The summed E-state index contributed by atoms with van der Waals surface area (Å²) in [5.41, 5.74) is 1.23. The lowest BCUT2D eigenvalue weighted by Crippen LogP contribution is -2.39. The zero-order valence-corrected chi connectivity index (χ0v) is 15.6. The molecule has 140 valence electrons. The highest BCUT2D eigenvalue weighted by atomic mass is 16.7. The van der Waals surface area contributed by atoms with Crippen LogP contribution >= 0.6 is 0 Å². The molecule has 0 amide bonds. The third kappa shape index (κ3) is 4.41. The van der Waals surface area contributed by atoms with Crippen molar-refractivity contribution in [3.63, 3.8) is 0 Å². The van der Waals surface area contributed by atoms with Crippen LogP contribution < -0.4 is 19.5 Å². The molecule has 1 aromatic heterocycles. The molecule has 0 radical (unpaired) electrons. The van der Waals surface area contributed by atoms with Crippen molar-refractivity contribution in [2.75, 3.05) is 33.5 Å². The number of guanidine groups is 1. The lowest BCUT2D eigenvalue weighted by atomic mass is 10.3. The number of aromatic nitrogens is 1. The van der Waals surface area contributed by atoms with Crippen molar-refractivity contribution in [2.24, 2.45) is 12.0 Å². The van der Waals surface area contributed by atoms with Crippen molar-refractivity contribution in [3.8, 4) is 17.2 Å². The predicted molar refractivity (Wildman–Crippen MR) is 101 cm³/mol. The number of nitrogens with zero attached hydrogens (tertiary/aromatic N) is 3. The van der Waals surface area contributed by atoms with E-state index in [2.05, 4.69) is 32.8 Å². The largest absolute Gasteiger partial charge is 0.492 e. The summed E-state index contributed by atoms with van der Waals surface area (Å²) in [6, 6.07) is 9.75. The van der Waals surface area contributed by atoms with Crippen LogP contribution in [0.25, 0.3) is 0 Å². The van der Waals surface area contributed by atoms with Crippen LogP contribution in [0.2, 0.25) is 0 Å². The highest BCUT2D eigenvalue weighted by molar-refractivity contribution is 5.79. The first-order valence-electron chi connectivity index (χ1n) is 8.79. The Morgan fingerprint density at radius 1 is 1.31 bits per heavy atom. The molecule has 1 aliphatic heterocycles. The summed E-state index contributed by atoms with van der Waals surface area (Å²) in [7, 11) is 4.08. The first kappa shape index (κ1) is 18.0. The number of benzene rings is 1. The van der Waals surface area contributed by atoms with Gasteiger partial charge in [-0.3, -0.25) is 0 Å². The first-order valence-corrected chi connectivity index (χ1v) is 8.79. The van der Waals surface area contributed by atoms with Crippen LogP contribution in [-0.2, 0) is 13.6 Å². The molecule has 0 bridgehead atoms. The van der Waals surface area contributed by atoms with E-state index in [0.29, 0.717) is 13.2 Å². The third-order valence-corrected chi connectivity index (χ3v) is 4.11. The Kier molecular flexibility index (Phi) is 5.88. The fourth-order valence-corrected chi connectivity index (χ4v) is 2.73. The van der Waals surface area contributed by atoms with Gasteiger partial charge in [0.05, 0.1) is 13.1 Å². The molecule has 26 heavy (non-hydrogen) atoms. The number of hydrogen-bond donors (Lipinski definition) is 1. The molecular weight excluding hydrogens is 332 g/mol. The van der Waals surface area contributed by atoms with E-state index in [1.165, 1.54) is 5.69 Å². The number of hydrogen-bond acceptors (Lipinski definition) is 4. The fraction of sp³-hybridized carbons (Fsp3) is 0.421. The van der Waals surface area contributed by atoms with Gasteiger partial charge in [0.25, 0.3) is 0 Å². The Hall–Kier alpha value is -2.83. The van der Waals surface area contributed by atoms with Crippen molar-refractivity contribution in [1.29, 1.82) is 0 Å². The van der Waals surface area contributed by atoms with E-state index in [-0.39, 0.29) is 6.79 Å². The van der Waals surface area contributed by atoms with E-state index >= 15 is 0 Å². The monoisotopic (exact) mass is 358 g/mol. The van der Waals surface area contributed by atoms with Crippen molar-refractivity contribution < 1.29 is 14.2 Å². The molecule has 0 atom stereocenters. The molecule has 1 aliphatic rings. The number of ether oxygens (including phenoxy) is 3. The van der Waals surface area contributed by atoms with Gasteiger partial charge < -0.3 is 29.0 Å². The number of aliphatic imine (C=N–C) groups is 1. The van der Waals surface area contributed by atoms with Crippen molar-refractivity contribution >= 4 is 5.96 Å². The summed E-state index contributed by atoms with van der Waals surface area (Å²) < 4.78 is 18.5. The Balaban J connectivity index is 1.53. The molecule has 2 heterocycles. The zero-order valence-electron chi connectivity index (χ0n) is 15.6. The van der Waals surface area contributed by atoms with Gasteiger partial charge in [0, 0.05) is 38.6 Å². The molecule has 1 aromatic carbocycles. The summed E-state index contributed by atoms with van der Waals surface area (Å²) in [4.78, 5) is 6.76. The van der Waals surface area contributed by atoms with Crippen molar-refractivity contribution in [2.45, 2.75) is 13.5 Å². The van der Waals surface area contributed by atoms with Crippen LogP contribution in [0, 0.1) is 0 Å². The quantitative estimate of drug-likeness (QED) is 0.467. The molecule has 0 saturated heterocycles. The second kappa shape index (κ2) is 8.51. The molecule has 1 N–H and O–H groups in total. The van der Waals surface area contributed by atoms with Crippen molar-refractivity contribution in [3.05, 3.63) is 42.2 Å². The van der Waals surface area contributed by atoms with Gasteiger partial charge in [0.15, 0.2) is 17.5 Å². The number of fused-ring (bicyclic) bond motifs is 1. The third-order valence-electron chi connectivity index (χ3n) is 4.11. The summed E-state index contributed by atoms with van der Waals surface area (Å²) in [5, 5.41) is 3.32. The Morgan fingerprint density at radius 3 is 2.92 bits per heavy atom. The molecule has 0 spiro atoms. The molecule has 7 heteroatoms. The molecule has 0 fully saturated rings. The average Bonchev–Trinajstić information content (AvgIpc) is 3.26. The Labute approximate surface area is 154 Å². The number of nitrogens with one attached hydrogen (secondary N) is 1. The van der Waals surface area contributed by atoms with E-state index < -0.39 is 0 Å². The fourth-order valence-electron chi connectivity index (χ4n) is 2.73. The van der Waals surface area contributed by atoms with Crippen LogP contribution in [0.15, 0.2) is 41.5 Å². The number of rotatable bonds is 7. The highest BCUT2D eigenvalue weighted by Crippen LogP contribution is 2.34. The molecule has 0 unspecified atom stereocenters. The maximum Gasteiger partial charge on any atom is 0.231 e. The van der Waals surface area contributed by atoms with Gasteiger partial charge in [-0.1, -0.05) is 0 Å². The SMILES string of the molecule is CCNC(=NCCOc1ccc2c(c1)OCO2)N(C)Cc1cccn1C. The van der Waals surface area contributed by atoms with Crippen molar-refractivity contribution in [1.82, 2.24) is 14.8 Å². The minimum absolute atomic E-state index is 0.266. The predicted octanol–water partition coefficient (Wildman–Crippen LogP) is 2.23. The van der Waals surface area contributed by atoms with E-state index in [0.717, 1.165) is 36.3 Å². The van der Waals surface area contributed by atoms with Gasteiger partial charge >= 0.3 is 0 Å². The molecule has 2 aromatic rings. The normalized spacial score (nSPS) is 13.0. The summed E-state index contributed by atoms with van der Waals surface area (Å²) in [6.45, 7) is 5.00. The van der Waals surface area contributed by atoms with Gasteiger partial charge in [-0.2, -0.15) is 0 Å².